The Morgan fingerprint density at radius 2 is 2.05 bits per heavy atom. The van der Waals surface area contributed by atoms with E-state index in [0.29, 0.717) is 0 Å². The minimum Gasteiger partial charge on any atom is -0.491 e. The van der Waals surface area contributed by atoms with Crippen molar-refractivity contribution in [3.05, 3.63) is 29.3 Å². The number of hydrogen-bond donors (Lipinski definition) is 1. The summed E-state index contributed by atoms with van der Waals surface area (Å²) in [7, 11) is 0. The smallest absolute Gasteiger partial charge is 0.323 e. The molecule has 20 heavy (non-hydrogen) atoms. The third kappa shape index (κ3) is 2.74. The predicted molar refractivity (Wildman–Crippen MR) is 66.9 cm³/mol. The van der Waals surface area contributed by atoms with E-state index in [4.69, 9.17) is 4.74 Å². The van der Waals surface area contributed by atoms with Crippen LogP contribution < -0.4 is 10.1 Å². The molecule has 1 aliphatic rings. The Morgan fingerprint density at radius 3 is 2.70 bits per heavy atom. The molecule has 0 bridgehead atoms. The van der Waals surface area contributed by atoms with Crippen molar-refractivity contribution in [3.63, 3.8) is 0 Å². The summed E-state index contributed by atoms with van der Waals surface area (Å²) in [5.74, 6) is -4.49. The van der Waals surface area contributed by atoms with Crippen LogP contribution in [0.3, 0.4) is 0 Å². The second-order valence-electron chi connectivity index (χ2n) is 4.20. The Morgan fingerprint density at radius 1 is 1.35 bits per heavy atom. The maximum atomic E-state index is 13.3. The van der Waals surface area contributed by atoms with Crippen LogP contribution >= 0.6 is 15.9 Å². The number of fused-ring (bicyclic) bond motifs is 1. The average Bonchev–Trinajstić information content (AvgIpc) is 2.59. The van der Waals surface area contributed by atoms with Crippen LogP contribution in [0.5, 0.6) is 5.75 Å². The first-order chi connectivity index (χ1) is 9.34. The van der Waals surface area contributed by atoms with Gasteiger partial charge >= 0.3 is 12.3 Å². The molecule has 1 N–H and O–H groups in total. The SMILES string of the molecule is O=C1NCCOc2ccc(C(Br)C(F)(F)C(F)F)cc21. The summed E-state index contributed by atoms with van der Waals surface area (Å²) in [4.78, 5) is 9.83. The lowest BCUT2D eigenvalue weighted by atomic mass is 10.0. The molecule has 1 heterocycles. The van der Waals surface area contributed by atoms with Gasteiger partial charge in [0.05, 0.1) is 12.1 Å². The summed E-state index contributed by atoms with van der Waals surface area (Å²) < 4.78 is 56.6. The highest BCUT2D eigenvalue weighted by atomic mass is 79.9. The van der Waals surface area contributed by atoms with E-state index in [2.05, 4.69) is 21.2 Å². The van der Waals surface area contributed by atoms with E-state index in [1.807, 2.05) is 0 Å². The molecule has 0 radical (unpaired) electrons. The maximum Gasteiger partial charge on any atom is 0.323 e. The van der Waals surface area contributed by atoms with Crippen LogP contribution in [0.2, 0.25) is 0 Å². The molecule has 0 aromatic heterocycles. The molecule has 1 aliphatic heterocycles. The second kappa shape index (κ2) is 5.59. The van der Waals surface area contributed by atoms with Crippen LogP contribution in [0.25, 0.3) is 0 Å². The molecule has 0 saturated heterocycles. The van der Waals surface area contributed by atoms with Crippen molar-refractivity contribution >= 4 is 21.8 Å². The first kappa shape index (κ1) is 15.1. The fourth-order valence-electron chi connectivity index (χ4n) is 1.76. The average molecular weight is 356 g/mol. The first-order valence-corrected chi connectivity index (χ1v) is 6.60. The number of rotatable bonds is 3. The van der Waals surface area contributed by atoms with E-state index in [1.165, 1.54) is 12.1 Å². The second-order valence-corrected chi connectivity index (χ2v) is 5.11. The molecule has 0 fully saturated rings. The monoisotopic (exact) mass is 355 g/mol. The number of halogens is 5. The zero-order valence-corrected chi connectivity index (χ0v) is 11.6. The number of carbonyl (C=O) groups is 1. The minimum absolute atomic E-state index is 0.0505. The number of benzene rings is 1. The highest BCUT2D eigenvalue weighted by molar-refractivity contribution is 9.09. The number of carbonyl (C=O) groups excluding carboxylic acids is 1. The lowest BCUT2D eigenvalue weighted by molar-refractivity contribution is -0.127. The largest absolute Gasteiger partial charge is 0.491 e. The Bertz CT molecular complexity index is 524. The molecule has 1 unspecified atom stereocenters. The van der Waals surface area contributed by atoms with Crippen molar-refractivity contribution in [2.24, 2.45) is 0 Å². The number of hydrogen-bond acceptors (Lipinski definition) is 2. The van der Waals surface area contributed by atoms with Gasteiger partial charge < -0.3 is 10.1 Å². The molecule has 0 aliphatic carbocycles. The van der Waals surface area contributed by atoms with Crippen LogP contribution in [0.15, 0.2) is 18.2 Å². The van der Waals surface area contributed by atoms with Crippen LogP contribution in [0, 0.1) is 0 Å². The van der Waals surface area contributed by atoms with Gasteiger partial charge in [0.15, 0.2) is 0 Å². The van der Waals surface area contributed by atoms with Gasteiger partial charge in [-0.15, -0.1) is 0 Å². The topological polar surface area (TPSA) is 38.3 Å². The number of ether oxygens (including phenoxy) is 1. The third-order valence-electron chi connectivity index (χ3n) is 2.81. The maximum absolute atomic E-state index is 13.3. The normalized spacial score (nSPS) is 17.0. The molecule has 110 valence electrons. The summed E-state index contributed by atoms with van der Waals surface area (Å²) in [6.45, 7) is 0.538. The van der Waals surface area contributed by atoms with Crippen molar-refractivity contribution in [2.45, 2.75) is 17.2 Å². The molecule has 1 amide bonds. The molecule has 1 atom stereocenters. The summed E-state index contributed by atoms with van der Waals surface area (Å²) in [5.41, 5.74) is -0.0655. The Balaban J connectivity index is 2.38. The predicted octanol–water partition coefficient (Wildman–Crippen LogP) is 3.15. The molecule has 8 heteroatoms. The van der Waals surface area contributed by atoms with Crippen LogP contribution in [-0.2, 0) is 0 Å². The highest BCUT2D eigenvalue weighted by Gasteiger charge is 2.48. The summed E-state index contributed by atoms with van der Waals surface area (Å²) in [6, 6.07) is 3.68. The molecule has 2 rings (SSSR count). The zero-order chi connectivity index (χ0) is 14.9. The van der Waals surface area contributed by atoms with Gasteiger partial charge in [-0.2, -0.15) is 8.78 Å². The Kier molecular flexibility index (Phi) is 4.22. The number of amides is 1. The van der Waals surface area contributed by atoms with E-state index in [9.17, 15) is 22.4 Å². The van der Waals surface area contributed by atoms with Gasteiger partial charge in [0, 0.05) is 0 Å². The van der Waals surface area contributed by atoms with Gasteiger partial charge in [-0.25, -0.2) is 8.78 Å². The summed E-state index contributed by atoms with van der Waals surface area (Å²) in [5, 5.41) is 2.51. The fourth-order valence-corrected chi connectivity index (χ4v) is 2.25. The van der Waals surface area contributed by atoms with E-state index in [1.54, 1.807) is 0 Å². The Hall–Kier alpha value is -1.31. The van der Waals surface area contributed by atoms with Crippen molar-refractivity contribution in [3.8, 4) is 5.75 Å². The number of alkyl halides is 5. The quantitative estimate of drug-likeness (QED) is 0.668. The van der Waals surface area contributed by atoms with Gasteiger partial charge in [-0.1, -0.05) is 22.0 Å². The lowest BCUT2D eigenvalue weighted by Crippen LogP contribution is -2.31. The van der Waals surface area contributed by atoms with Crippen LogP contribution in [0.1, 0.15) is 20.7 Å². The molecular weight excluding hydrogens is 346 g/mol. The first-order valence-electron chi connectivity index (χ1n) is 5.69. The lowest BCUT2D eigenvalue weighted by Gasteiger charge is -2.22. The minimum atomic E-state index is -4.24. The van der Waals surface area contributed by atoms with Crippen LogP contribution in [0.4, 0.5) is 17.6 Å². The van der Waals surface area contributed by atoms with E-state index in [0.717, 1.165) is 6.07 Å². The molecule has 1 aromatic carbocycles. The standard InChI is InChI=1S/C12H10BrF4NO2/c13-9(12(16,17)11(14)15)6-1-2-8-7(5-6)10(19)18-3-4-20-8/h1-2,5,9,11H,3-4H2,(H,18,19). The van der Waals surface area contributed by atoms with Gasteiger partial charge in [0.25, 0.3) is 5.91 Å². The molecule has 1 aromatic rings. The Labute approximate surface area is 120 Å². The van der Waals surface area contributed by atoms with E-state index in [-0.39, 0.29) is 30.0 Å². The molecule has 0 spiro atoms. The summed E-state index contributed by atoms with van der Waals surface area (Å²) >= 11 is 2.57. The zero-order valence-electron chi connectivity index (χ0n) is 10.0. The van der Waals surface area contributed by atoms with Gasteiger partial charge in [-0.3, -0.25) is 4.79 Å². The molecular formula is C12H10BrF4NO2. The molecule has 3 nitrogen and oxygen atoms in total. The van der Waals surface area contributed by atoms with Crippen molar-refractivity contribution < 1.29 is 27.1 Å². The van der Waals surface area contributed by atoms with E-state index < -0.39 is 23.1 Å². The third-order valence-corrected chi connectivity index (χ3v) is 3.95. The van der Waals surface area contributed by atoms with Crippen molar-refractivity contribution in [1.82, 2.24) is 5.32 Å². The molecule has 0 saturated carbocycles. The fraction of sp³-hybridized carbons (Fsp3) is 0.417. The van der Waals surface area contributed by atoms with E-state index >= 15 is 0 Å². The van der Waals surface area contributed by atoms with Gasteiger partial charge in [0.1, 0.15) is 17.2 Å². The summed E-state index contributed by atoms with van der Waals surface area (Å²) in [6.07, 6.45) is -3.81. The van der Waals surface area contributed by atoms with Gasteiger partial charge in [0.2, 0.25) is 0 Å². The number of nitrogens with one attached hydrogen (secondary N) is 1. The van der Waals surface area contributed by atoms with Crippen molar-refractivity contribution in [2.75, 3.05) is 13.2 Å². The van der Waals surface area contributed by atoms with Gasteiger partial charge in [-0.05, 0) is 17.7 Å². The van der Waals surface area contributed by atoms with Crippen LogP contribution in [-0.4, -0.2) is 31.4 Å². The van der Waals surface area contributed by atoms with Crippen molar-refractivity contribution in [1.29, 1.82) is 0 Å². The highest BCUT2D eigenvalue weighted by Crippen LogP contribution is 2.43.